The van der Waals surface area contributed by atoms with E-state index in [4.69, 9.17) is 16.3 Å². The monoisotopic (exact) mass is 1180 g/mol. The first-order chi connectivity index (χ1) is 40.2. The van der Waals surface area contributed by atoms with Crippen LogP contribution < -0.4 is 30.8 Å². The molecule has 83 heavy (non-hydrogen) atoms. The summed E-state index contributed by atoms with van der Waals surface area (Å²) in [5, 5.41) is 6.77. The minimum atomic E-state index is -4.14. The molecule has 3 atom stereocenters. The van der Waals surface area contributed by atoms with Gasteiger partial charge in [0.25, 0.3) is 15.9 Å². The van der Waals surface area contributed by atoms with E-state index < -0.39 is 27.9 Å². The van der Waals surface area contributed by atoms with Gasteiger partial charge in [-0.1, -0.05) is 54.4 Å². The Bertz CT molecular complexity index is 3450. The Morgan fingerprint density at radius 2 is 1.49 bits per heavy atom. The maximum Gasteiger partial charge on any atom is 0.327 e. The molecule has 5 aliphatic rings. The second-order valence-electron chi connectivity index (χ2n) is 23.1. The number of hydrogen-bond donors (Lipinski definition) is 4. The van der Waals surface area contributed by atoms with Gasteiger partial charge in [0.15, 0.2) is 0 Å². The molecule has 6 aromatic rings. The van der Waals surface area contributed by atoms with E-state index in [1.807, 2.05) is 60.7 Å². The lowest BCUT2D eigenvalue weighted by molar-refractivity contribution is -0.135. The van der Waals surface area contributed by atoms with Gasteiger partial charge in [0.2, 0.25) is 11.8 Å². The van der Waals surface area contributed by atoms with Gasteiger partial charge >= 0.3 is 5.69 Å². The van der Waals surface area contributed by atoms with E-state index >= 15 is 0 Å². The number of aromatic nitrogens is 2. The molecule has 1 aromatic heterocycles. The summed E-state index contributed by atoms with van der Waals surface area (Å²) in [6.07, 6.45) is 5.47. The lowest BCUT2D eigenvalue weighted by atomic mass is 9.71. The first-order valence-corrected chi connectivity index (χ1v) is 32.1. The van der Waals surface area contributed by atoms with Crippen molar-refractivity contribution >= 4 is 84.8 Å². The van der Waals surface area contributed by atoms with Crippen molar-refractivity contribution in [2.75, 3.05) is 119 Å². The zero-order valence-corrected chi connectivity index (χ0v) is 49.6. The highest BCUT2D eigenvalue weighted by atomic mass is 35.5. The van der Waals surface area contributed by atoms with Gasteiger partial charge < -0.3 is 29.7 Å². The second-order valence-corrected chi connectivity index (χ2v) is 26.4. The lowest BCUT2D eigenvalue weighted by Crippen LogP contribution is -2.50. The summed E-state index contributed by atoms with van der Waals surface area (Å²) in [7, 11) is -4.14. The van der Waals surface area contributed by atoms with E-state index in [2.05, 4.69) is 76.0 Å². The van der Waals surface area contributed by atoms with Crippen molar-refractivity contribution < 1.29 is 27.5 Å². The number of aromatic amines is 1. The summed E-state index contributed by atoms with van der Waals surface area (Å²) in [5.74, 6) is -0.593. The van der Waals surface area contributed by atoms with Crippen LogP contribution in [-0.4, -0.2) is 160 Å². The molecule has 5 aromatic carbocycles. The number of imide groups is 1. The molecule has 438 valence electrons. The van der Waals surface area contributed by atoms with Gasteiger partial charge in [-0.25, -0.2) is 17.9 Å². The van der Waals surface area contributed by atoms with Crippen LogP contribution in [0.15, 0.2) is 141 Å². The number of halogens is 1. The molecule has 0 saturated carbocycles. The third-order valence-corrected chi connectivity index (χ3v) is 19.9. The summed E-state index contributed by atoms with van der Waals surface area (Å²) >= 11 is 8.19. The molecule has 3 amide bonds. The fraction of sp³-hybridized carbons (Fsp3) is 0.429. The quantitative estimate of drug-likeness (QED) is 0.0448. The molecule has 5 heterocycles. The number of allylic oxidation sites excluding steroid dienone is 1. The SMILES string of the molecule is C[C@@]1(CN2CCN(c3ccc4[nH]c(=O)n(C5CCC(=O)NC5=O)c4c3)CC2)CCC(c2ccc(Cl)cc2)=C(CN2CCN(c3ccc(C(=O)NS(=O)(=O)c4ccc(N[C@H](CCN5CCCOCC5)CSc5ccccc5)cc4)cc3)CC2)C1. The Kier molecular flexibility index (Phi) is 18.4. The van der Waals surface area contributed by atoms with Crippen LogP contribution >= 0.6 is 23.4 Å². The minimum absolute atomic E-state index is 0.0182. The van der Waals surface area contributed by atoms with Crippen molar-refractivity contribution in [2.24, 2.45) is 5.41 Å². The van der Waals surface area contributed by atoms with Crippen LogP contribution in [0.4, 0.5) is 17.1 Å². The maximum absolute atomic E-state index is 13.6. The highest BCUT2D eigenvalue weighted by molar-refractivity contribution is 7.99. The van der Waals surface area contributed by atoms with Gasteiger partial charge in [0.1, 0.15) is 6.04 Å². The van der Waals surface area contributed by atoms with Crippen molar-refractivity contribution in [3.63, 3.8) is 0 Å². The molecule has 0 bridgehead atoms. The van der Waals surface area contributed by atoms with Crippen molar-refractivity contribution in [2.45, 2.75) is 73.7 Å². The van der Waals surface area contributed by atoms with Crippen LogP contribution in [-0.2, 0) is 24.3 Å². The molecule has 0 radical (unpaired) electrons. The maximum atomic E-state index is 13.6. The van der Waals surface area contributed by atoms with Crippen molar-refractivity contribution in [3.05, 3.63) is 154 Å². The number of carbonyl (C=O) groups is 3. The molecular formula is C63H75ClN10O7S2. The number of thioether (sulfide) groups is 1. The number of sulfonamides is 1. The predicted molar refractivity (Wildman–Crippen MR) is 330 cm³/mol. The van der Waals surface area contributed by atoms with Gasteiger partial charge in [-0.2, -0.15) is 0 Å². The van der Waals surface area contributed by atoms with Crippen LogP contribution in [0.3, 0.4) is 0 Å². The zero-order valence-electron chi connectivity index (χ0n) is 47.2. The highest BCUT2D eigenvalue weighted by Gasteiger charge is 2.36. The summed E-state index contributed by atoms with van der Waals surface area (Å²) in [6, 6.07) is 37.8. The molecule has 11 rings (SSSR count). The fourth-order valence-corrected chi connectivity index (χ4v) is 14.7. The predicted octanol–water partition coefficient (Wildman–Crippen LogP) is 8.35. The first kappa shape index (κ1) is 58.3. The van der Waals surface area contributed by atoms with Crippen LogP contribution in [0, 0.1) is 5.41 Å². The molecule has 1 unspecified atom stereocenters. The van der Waals surface area contributed by atoms with Crippen molar-refractivity contribution in [1.82, 2.24) is 34.3 Å². The van der Waals surface area contributed by atoms with Gasteiger partial charge in [-0.15, -0.1) is 11.8 Å². The molecule has 0 spiro atoms. The number of ether oxygens (including phenoxy) is 1. The number of hydrogen-bond acceptors (Lipinski definition) is 14. The number of anilines is 3. The zero-order chi connectivity index (χ0) is 57.5. The van der Waals surface area contributed by atoms with E-state index in [1.54, 1.807) is 48.2 Å². The van der Waals surface area contributed by atoms with E-state index in [1.165, 1.54) is 26.2 Å². The van der Waals surface area contributed by atoms with E-state index in [0.717, 1.165) is 158 Å². The number of nitrogens with zero attached hydrogens (tertiary/aromatic N) is 6. The van der Waals surface area contributed by atoms with Gasteiger partial charge in [-0.05, 0) is 146 Å². The van der Waals surface area contributed by atoms with E-state index in [9.17, 15) is 27.6 Å². The number of piperazine rings is 2. The highest BCUT2D eigenvalue weighted by Crippen LogP contribution is 2.44. The lowest BCUT2D eigenvalue weighted by Gasteiger charge is -2.44. The standard InChI is InChI=1S/C63H75ClN10O7S2/c1-63(44-71-31-35-73(36-32-71)52-18-21-56-58(40-52)74(62(78)66-56)57-22-23-59(75)67-61(57)77)26-24-55(45-8-12-48(64)13-9-45)47(41-63)42-70-29-33-72(34-30-70)51-16-10-46(11-17-51)60(76)68-83(79,80)54-19-14-49(15-20-54)65-50(43-82-53-6-3-2-4-7-53)25-28-69-27-5-38-81-39-37-69/h2-4,6-21,40,50,57,65H,5,22-39,41-44H2,1H3,(H,66,78)(H,68,76)(H,67,75,77)/t50-,57?,63-/m1/s1. The molecule has 4 fully saturated rings. The Hall–Kier alpha value is -6.45. The van der Waals surface area contributed by atoms with Crippen LogP contribution in [0.1, 0.15) is 73.8 Å². The number of H-pyrrole nitrogens is 1. The average molecular weight is 1180 g/mol. The van der Waals surface area contributed by atoms with Gasteiger partial charge in [0, 0.05) is 142 Å². The topological polar surface area (TPSA) is 185 Å². The normalized spacial score (nSPS) is 21.2. The largest absolute Gasteiger partial charge is 0.381 e. The second kappa shape index (κ2) is 26.2. The smallest absolute Gasteiger partial charge is 0.327 e. The van der Waals surface area contributed by atoms with E-state index in [0.29, 0.717) is 11.0 Å². The Morgan fingerprint density at radius 1 is 0.783 bits per heavy atom. The van der Waals surface area contributed by atoms with Crippen LogP contribution in [0.2, 0.25) is 5.02 Å². The minimum Gasteiger partial charge on any atom is -0.381 e. The number of imidazole rings is 1. The molecule has 4 N–H and O–H groups in total. The number of rotatable bonds is 19. The molecular weight excluding hydrogens is 1110 g/mol. The van der Waals surface area contributed by atoms with Crippen molar-refractivity contribution in [1.29, 1.82) is 0 Å². The van der Waals surface area contributed by atoms with Crippen molar-refractivity contribution in [3.8, 4) is 0 Å². The Labute approximate surface area is 495 Å². The van der Waals surface area contributed by atoms with E-state index in [-0.39, 0.29) is 46.4 Å². The van der Waals surface area contributed by atoms with Crippen LogP contribution in [0.25, 0.3) is 16.6 Å². The number of benzene rings is 5. The van der Waals surface area contributed by atoms with Crippen LogP contribution in [0.5, 0.6) is 0 Å². The third kappa shape index (κ3) is 14.6. The third-order valence-electron chi connectivity index (χ3n) is 17.2. The summed E-state index contributed by atoms with van der Waals surface area (Å²) in [6.45, 7) is 15.5. The van der Waals surface area contributed by atoms with Gasteiger partial charge in [0.05, 0.1) is 22.5 Å². The Balaban J connectivity index is 0.674. The molecule has 4 saturated heterocycles. The molecule has 4 aliphatic heterocycles. The summed E-state index contributed by atoms with van der Waals surface area (Å²) in [5.41, 5.74) is 8.23. The number of fused-ring (bicyclic) bond motifs is 1. The number of amides is 3. The first-order valence-electron chi connectivity index (χ1n) is 29.2. The average Bonchev–Trinajstić information content (AvgIpc) is 3.93. The summed E-state index contributed by atoms with van der Waals surface area (Å²) < 4.78 is 36.6. The number of nitrogens with one attached hydrogen (secondary N) is 4. The number of carbonyl (C=O) groups excluding carboxylic acids is 3. The summed E-state index contributed by atoms with van der Waals surface area (Å²) in [4.78, 5) is 67.6. The molecule has 1 aliphatic carbocycles. The molecule has 20 heteroatoms. The molecule has 17 nitrogen and oxygen atoms in total. The Morgan fingerprint density at radius 3 is 2.23 bits per heavy atom. The number of piperidine rings is 1. The fourth-order valence-electron chi connectivity index (χ4n) is 12.6. The van der Waals surface area contributed by atoms with Gasteiger partial charge in [-0.3, -0.25) is 34.1 Å².